The molecule has 2 aliphatic heterocycles. The van der Waals surface area contributed by atoms with Gasteiger partial charge in [0.2, 0.25) is 0 Å². The Morgan fingerprint density at radius 3 is 2.33 bits per heavy atom. The normalized spacial score (nSPS) is 17.0. The summed E-state index contributed by atoms with van der Waals surface area (Å²) in [6.07, 6.45) is -2.44. The van der Waals surface area contributed by atoms with E-state index in [0.717, 1.165) is 6.07 Å². The Bertz CT molecular complexity index is 1470. The van der Waals surface area contributed by atoms with E-state index in [0.29, 0.717) is 71.9 Å². The van der Waals surface area contributed by atoms with E-state index >= 15 is 0 Å². The Morgan fingerprint density at radius 1 is 1.05 bits per heavy atom. The molecule has 40 heavy (non-hydrogen) atoms. The number of amides is 1. The maximum Gasteiger partial charge on any atom is 0.394 e. The molecule has 1 fully saturated rings. The number of hydrogen-bond donors (Lipinski definition) is 1. The lowest BCUT2D eigenvalue weighted by molar-refractivity contribution is -0.158. The van der Waals surface area contributed by atoms with Gasteiger partial charge in [0.05, 0.1) is 5.56 Å². The standard InChI is InChI=1S/C29H26BrF4N3O3/c1-17(38)21-15-26-22(14-23(21)30)27(39)37(19-4-6-20(7-5-19)40-28(2,33)34)29(35-26)9-11-36(12-10-29)16-18-3-8-24(31)25(32)13-18/h3-8,13-15,35H,9-12,16H2,1-2H3. The third-order valence-corrected chi connectivity index (χ3v) is 7.84. The van der Waals surface area contributed by atoms with E-state index in [1.807, 2.05) is 0 Å². The molecule has 2 aliphatic rings. The van der Waals surface area contributed by atoms with Crippen LogP contribution >= 0.6 is 15.9 Å². The maximum atomic E-state index is 14.0. The van der Waals surface area contributed by atoms with E-state index in [1.54, 1.807) is 35.2 Å². The third-order valence-electron chi connectivity index (χ3n) is 7.18. The molecule has 3 aromatic rings. The summed E-state index contributed by atoms with van der Waals surface area (Å²) in [6, 6.07) is 13.0. The summed E-state index contributed by atoms with van der Waals surface area (Å²) in [5, 5.41) is 3.51. The molecule has 11 heteroatoms. The molecule has 0 atom stereocenters. The number of alkyl halides is 2. The summed E-state index contributed by atoms with van der Waals surface area (Å²) >= 11 is 3.39. The van der Waals surface area contributed by atoms with Crippen LogP contribution in [0.25, 0.3) is 0 Å². The third kappa shape index (κ3) is 5.57. The lowest BCUT2D eigenvalue weighted by atomic mass is 9.88. The predicted molar refractivity (Wildman–Crippen MR) is 146 cm³/mol. The summed E-state index contributed by atoms with van der Waals surface area (Å²) in [6.45, 7) is 3.52. The van der Waals surface area contributed by atoms with Gasteiger partial charge in [0, 0.05) is 60.8 Å². The van der Waals surface area contributed by atoms with Crippen LogP contribution < -0.4 is 15.0 Å². The minimum atomic E-state index is -3.36. The molecule has 1 amide bonds. The number of carbonyl (C=O) groups is 2. The average Bonchev–Trinajstić information content (AvgIpc) is 2.88. The van der Waals surface area contributed by atoms with Gasteiger partial charge in [0.1, 0.15) is 11.4 Å². The van der Waals surface area contributed by atoms with Crippen molar-refractivity contribution < 1.29 is 31.9 Å². The number of anilines is 2. The second kappa shape index (κ2) is 10.5. The van der Waals surface area contributed by atoms with Crippen LogP contribution in [0.5, 0.6) is 5.75 Å². The molecule has 210 valence electrons. The van der Waals surface area contributed by atoms with Crippen molar-refractivity contribution in [3.8, 4) is 5.75 Å². The van der Waals surface area contributed by atoms with Gasteiger partial charge in [-0.15, -0.1) is 0 Å². The largest absolute Gasteiger partial charge is 0.433 e. The number of Topliss-reactive ketones (excluding diaryl/α,β-unsaturated/α-hetero) is 1. The van der Waals surface area contributed by atoms with Crippen molar-refractivity contribution in [1.82, 2.24) is 4.90 Å². The number of hydrogen-bond acceptors (Lipinski definition) is 5. The van der Waals surface area contributed by atoms with Crippen LogP contribution in [0.1, 0.15) is 53.0 Å². The SMILES string of the molecule is CC(=O)c1cc2c(cc1Br)C(=O)N(c1ccc(OC(C)(F)F)cc1)C1(CCN(Cc3ccc(F)c(F)c3)CC1)N2. The van der Waals surface area contributed by atoms with Gasteiger partial charge >= 0.3 is 6.11 Å². The molecule has 1 spiro atoms. The first kappa shape index (κ1) is 28.1. The second-order valence-electron chi connectivity index (χ2n) is 10.2. The lowest BCUT2D eigenvalue weighted by Crippen LogP contribution is -2.64. The van der Waals surface area contributed by atoms with Crippen molar-refractivity contribution >= 4 is 39.0 Å². The van der Waals surface area contributed by atoms with Crippen LogP contribution in [0.3, 0.4) is 0 Å². The van der Waals surface area contributed by atoms with Gasteiger partial charge in [0.15, 0.2) is 17.4 Å². The quantitative estimate of drug-likeness (QED) is 0.238. The lowest BCUT2D eigenvalue weighted by Gasteiger charge is -2.52. The van der Waals surface area contributed by atoms with E-state index < -0.39 is 23.4 Å². The number of fused-ring (bicyclic) bond motifs is 1. The van der Waals surface area contributed by atoms with Crippen LogP contribution in [0.2, 0.25) is 0 Å². The molecule has 3 aromatic carbocycles. The fraction of sp³-hybridized carbons (Fsp3) is 0.310. The molecule has 1 saturated heterocycles. The number of ketones is 1. The topological polar surface area (TPSA) is 61.9 Å². The van der Waals surface area contributed by atoms with Gasteiger partial charge in [-0.25, -0.2) is 8.78 Å². The number of nitrogens with one attached hydrogen (secondary N) is 1. The van der Waals surface area contributed by atoms with E-state index in [9.17, 15) is 27.2 Å². The smallest absolute Gasteiger partial charge is 0.394 e. The minimum Gasteiger partial charge on any atom is -0.433 e. The van der Waals surface area contributed by atoms with Gasteiger partial charge in [-0.05, 0) is 61.0 Å². The van der Waals surface area contributed by atoms with Crippen molar-refractivity contribution in [2.75, 3.05) is 23.3 Å². The molecule has 0 saturated carbocycles. The Kier molecular flexibility index (Phi) is 7.39. The number of halogens is 5. The zero-order valence-electron chi connectivity index (χ0n) is 21.7. The molecule has 0 radical (unpaired) electrons. The monoisotopic (exact) mass is 619 g/mol. The van der Waals surface area contributed by atoms with E-state index in [4.69, 9.17) is 0 Å². The number of likely N-dealkylation sites (tertiary alicyclic amines) is 1. The molecule has 6 nitrogen and oxygen atoms in total. The molecule has 5 rings (SSSR count). The van der Waals surface area contributed by atoms with Crippen LogP contribution in [-0.2, 0) is 6.54 Å². The van der Waals surface area contributed by atoms with Crippen molar-refractivity contribution in [1.29, 1.82) is 0 Å². The highest BCUT2D eigenvalue weighted by molar-refractivity contribution is 9.10. The first-order valence-corrected chi connectivity index (χ1v) is 13.4. The zero-order valence-corrected chi connectivity index (χ0v) is 23.3. The first-order valence-electron chi connectivity index (χ1n) is 12.7. The van der Waals surface area contributed by atoms with Crippen molar-refractivity contribution in [2.45, 2.75) is 45.0 Å². The van der Waals surface area contributed by atoms with Gasteiger partial charge in [-0.1, -0.05) is 22.0 Å². The van der Waals surface area contributed by atoms with Crippen LogP contribution in [0.4, 0.5) is 28.9 Å². The average molecular weight is 620 g/mol. The Morgan fingerprint density at radius 2 is 1.73 bits per heavy atom. The molecular formula is C29H26BrF4N3O3. The molecular weight excluding hydrogens is 594 g/mol. The summed E-state index contributed by atoms with van der Waals surface area (Å²) in [7, 11) is 0. The van der Waals surface area contributed by atoms with Crippen LogP contribution in [-0.4, -0.2) is 41.5 Å². The number of ether oxygens (including phenoxy) is 1. The van der Waals surface area contributed by atoms with Gasteiger partial charge in [0.25, 0.3) is 5.91 Å². The van der Waals surface area contributed by atoms with Gasteiger partial charge < -0.3 is 10.1 Å². The highest BCUT2D eigenvalue weighted by atomic mass is 79.9. The molecule has 2 heterocycles. The van der Waals surface area contributed by atoms with E-state index in [-0.39, 0.29) is 17.4 Å². The summed E-state index contributed by atoms with van der Waals surface area (Å²) in [5.41, 5.74) is 1.52. The zero-order chi connectivity index (χ0) is 28.8. The predicted octanol–water partition coefficient (Wildman–Crippen LogP) is 6.99. The van der Waals surface area contributed by atoms with Crippen molar-refractivity contribution in [3.05, 3.63) is 87.4 Å². The maximum absolute atomic E-state index is 14.0. The second-order valence-corrected chi connectivity index (χ2v) is 11.0. The minimum absolute atomic E-state index is 0.0432. The number of carbonyl (C=O) groups excluding carboxylic acids is 2. The van der Waals surface area contributed by atoms with Crippen LogP contribution in [0, 0.1) is 11.6 Å². The van der Waals surface area contributed by atoms with E-state index in [2.05, 4.69) is 30.9 Å². The number of rotatable bonds is 6. The van der Waals surface area contributed by atoms with Crippen molar-refractivity contribution in [3.63, 3.8) is 0 Å². The highest BCUT2D eigenvalue weighted by Gasteiger charge is 2.47. The summed E-state index contributed by atoms with van der Waals surface area (Å²) in [4.78, 5) is 29.9. The van der Waals surface area contributed by atoms with Gasteiger partial charge in [-0.3, -0.25) is 19.4 Å². The number of benzene rings is 3. The Hall–Kier alpha value is -3.44. The molecule has 1 N–H and O–H groups in total. The van der Waals surface area contributed by atoms with Crippen molar-refractivity contribution in [2.24, 2.45) is 0 Å². The molecule has 0 bridgehead atoms. The fourth-order valence-corrected chi connectivity index (χ4v) is 5.93. The Labute approximate surface area is 237 Å². The Balaban J connectivity index is 1.48. The number of nitrogens with zero attached hydrogens (tertiary/aromatic N) is 2. The summed E-state index contributed by atoms with van der Waals surface area (Å²) < 4.78 is 59.0. The van der Waals surface area contributed by atoms with Crippen LogP contribution in [0.15, 0.2) is 59.1 Å². The molecule has 0 aromatic heterocycles. The highest BCUT2D eigenvalue weighted by Crippen LogP contribution is 2.43. The van der Waals surface area contributed by atoms with E-state index in [1.165, 1.54) is 25.1 Å². The first-order chi connectivity index (χ1) is 18.8. The molecule has 0 unspecified atom stereocenters. The fourth-order valence-electron chi connectivity index (χ4n) is 5.31. The number of piperidine rings is 1. The van der Waals surface area contributed by atoms with Gasteiger partial charge in [-0.2, -0.15) is 8.78 Å². The molecule has 0 aliphatic carbocycles. The summed E-state index contributed by atoms with van der Waals surface area (Å²) in [5.74, 6) is -2.33.